The number of carbonyl (C=O) groups excluding carboxylic acids is 1. The Kier molecular flexibility index (Phi) is 4.64. The predicted molar refractivity (Wildman–Crippen MR) is 81.4 cm³/mol. The molecule has 25 heavy (non-hydrogen) atoms. The van der Waals surface area contributed by atoms with E-state index in [0.29, 0.717) is 0 Å². The summed E-state index contributed by atoms with van der Waals surface area (Å²) in [6, 6.07) is 8.08. The molecule has 0 radical (unpaired) electrons. The topological polar surface area (TPSA) is 97.1 Å². The molecule has 0 spiro atoms. The molecule has 0 saturated heterocycles. The first-order valence-electron chi connectivity index (χ1n) is 7.19. The molecule has 0 bridgehead atoms. The van der Waals surface area contributed by atoms with Gasteiger partial charge in [0.1, 0.15) is 18.8 Å². The summed E-state index contributed by atoms with van der Waals surface area (Å²) in [5, 5.41) is 11.1. The minimum absolute atomic E-state index is 0.0209. The van der Waals surface area contributed by atoms with Gasteiger partial charge in [0.25, 0.3) is 5.69 Å². The number of nitro benzene ring substituents is 1. The third kappa shape index (κ3) is 3.60. The number of ether oxygens (including phenoxy) is 4. The van der Waals surface area contributed by atoms with E-state index in [2.05, 4.69) is 0 Å². The van der Waals surface area contributed by atoms with E-state index in [4.69, 9.17) is 18.9 Å². The van der Waals surface area contributed by atoms with Gasteiger partial charge in [-0.2, -0.15) is 0 Å². The van der Waals surface area contributed by atoms with Crippen LogP contribution in [0, 0.1) is 15.9 Å². The molecule has 3 rings (SSSR count). The Balaban J connectivity index is 1.63. The Morgan fingerprint density at radius 1 is 1.20 bits per heavy atom. The summed E-state index contributed by atoms with van der Waals surface area (Å²) in [7, 11) is 0. The van der Waals surface area contributed by atoms with Gasteiger partial charge in [-0.05, 0) is 12.1 Å². The summed E-state index contributed by atoms with van der Waals surface area (Å²) >= 11 is 0. The van der Waals surface area contributed by atoms with Crippen molar-refractivity contribution in [3.05, 3.63) is 57.9 Å². The Hall–Kier alpha value is -3.36. The zero-order valence-corrected chi connectivity index (χ0v) is 12.8. The molecule has 0 N–H and O–H groups in total. The van der Waals surface area contributed by atoms with Crippen LogP contribution in [0.25, 0.3) is 0 Å². The Labute approximate surface area is 140 Å². The van der Waals surface area contributed by atoms with Crippen molar-refractivity contribution in [3.63, 3.8) is 0 Å². The van der Waals surface area contributed by atoms with E-state index >= 15 is 0 Å². The van der Waals surface area contributed by atoms with Crippen molar-refractivity contribution < 1.29 is 33.1 Å². The van der Waals surface area contributed by atoms with E-state index in [1.54, 1.807) is 6.07 Å². The molecule has 0 saturated carbocycles. The molecule has 8 nitrogen and oxygen atoms in total. The molecular weight excluding hydrogens is 337 g/mol. The van der Waals surface area contributed by atoms with E-state index < -0.39 is 22.4 Å². The predicted octanol–water partition coefficient (Wildman–Crippen LogP) is 2.70. The standard InChI is InChI=1S/C16H12FNO7/c17-11-3-1-2-4-13(11)22-5-6-23-16(19)10-7-14-15(25-9-24-14)8-12(10)18(20)21/h1-4,7-8H,5-6,9H2. The first kappa shape index (κ1) is 16.5. The highest BCUT2D eigenvalue weighted by Crippen LogP contribution is 2.38. The van der Waals surface area contributed by atoms with Gasteiger partial charge in [0.2, 0.25) is 6.79 Å². The van der Waals surface area contributed by atoms with Crippen molar-refractivity contribution in [2.24, 2.45) is 0 Å². The lowest BCUT2D eigenvalue weighted by Crippen LogP contribution is -2.14. The number of para-hydroxylation sites is 1. The Bertz CT molecular complexity index is 824. The maximum absolute atomic E-state index is 13.4. The molecule has 0 atom stereocenters. The molecule has 0 amide bonds. The van der Waals surface area contributed by atoms with E-state index in [0.717, 1.165) is 6.07 Å². The fourth-order valence-corrected chi connectivity index (χ4v) is 2.17. The van der Waals surface area contributed by atoms with Crippen LogP contribution in [0.5, 0.6) is 17.2 Å². The van der Waals surface area contributed by atoms with Crippen LogP contribution in [0.2, 0.25) is 0 Å². The molecule has 2 aromatic carbocycles. The summed E-state index contributed by atoms with van der Waals surface area (Å²) in [6.45, 7) is -0.398. The third-order valence-corrected chi connectivity index (χ3v) is 3.32. The molecule has 1 aliphatic heterocycles. The van der Waals surface area contributed by atoms with Crippen LogP contribution < -0.4 is 14.2 Å². The number of esters is 1. The second-order valence-corrected chi connectivity index (χ2v) is 4.89. The summed E-state index contributed by atoms with van der Waals surface area (Å²) in [4.78, 5) is 22.5. The molecule has 9 heteroatoms. The molecule has 0 fully saturated rings. The molecule has 1 aliphatic rings. The van der Waals surface area contributed by atoms with Crippen LogP contribution in [0.4, 0.5) is 10.1 Å². The van der Waals surface area contributed by atoms with Crippen LogP contribution in [0.1, 0.15) is 10.4 Å². The summed E-state index contributed by atoms with van der Waals surface area (Å²) < 4.78 is 33.6. The number of nitrogens with zero attached hydrogens (tertiary/aromatic N) is 1. The normalized spacial score (nSPS) is 11.9. The number of fused-ring (bicyclic) bond motifs is 1. The highest BCUT2D eigenvalue weighted by molar-refractivity contribution is 5.95. The van der Waals surface area contributed by atoms with E-state index in [9.17, 15) is 19.3 Å². The van der Waals surface area contributed by atoms with Crippen LogP contribution in [-0.4, -0.2) is 30.9 Å². The van der Waals surface area contributed by atoms with E-state index in [-0.39, 0.29) is 42.8 Å². The van der Waals surface area contributed by atoms with Gasteiger partial charge < -0.3 is 18.9 Å². The molecule has 130 valence electrons. The molecule has 0 unspecified atom stereocenters. The smallest absolute Gasteiger partial charge is 0.345 e. The second kappa shape index (κ2) is 7.04. The van der Waals surface area contributed by atoms with Crippen LogP contribution in [0.3, 0.4) is 0 Å². The molecular formula is C16H12FNO7. The summed E-state index contributed by atoms with van der Waals surface area (Å²) in [5.74, 6) is -1.03. The maximum Gasteiger partial charge on any atom is 0.345 e. The van der Waals surface area contributed by atoms with E-state index in [1.807, 2.05) is 0 Å². The lowest BCUT2D eigenvalue weighted by atomic mass is 10.1. The minimum Gasteiger partial charge on any atom is -0.487 e. The number of rotatable bonds is 6. The molecule has 0 aliphatic carbocycles. The van der Waals surface area contributed by atoms with Gasteiger partial charge in [0, 0.05) is 6.07 Å². The van der Waals surface area contributed by atoms with Crippen molar-refractivity contribution in [1.29, 1.82) is 0 Å². The quantitative estimate of drug-likeness (QED) is 0.342. The molecule has 2 aromatic rings. The summed E-state index contributed by atoms with van der Waals surface area (Å²) in [6.07, 6.45) is 0. The van der Waals surface area contributed by atoms with Crippen LogP contribution >= 0.6 is 0 Å². The maximum atomic E-state index is 13.4. The van der Waals surface area contributed by atoms with Crippen LogP contribution in [0.15, 0.2) is 36.4 Å². The number of benzene rings is 2. The van der Waals surface area contributed by atoms with E-state index in [1.165, 1.54) is 24.3 Å². The molecule has 1 heterocycles. The van der Waals surface area contributed by atoms with Gasteiger partial charge in [-0.1, -0.05) is 12.1 Å². The molecule has 0 aromatic heterocycles. The Morgan fingerprint density at radius 2 is 1.92 bits per heavy atom. The number of hydrogen-bond acceptors (Lipinski definition) is 7. The van der Waals surface area contributed by atoms with Crippen molar-refractivity contribution in [1.82, 2.24) is 0 Å². The van der Waals surface area contributed by atoms with Gasteiger partial charge >= 0.3 is 5.97 Å². The average molecular weight is 349 g/mol. The lowest BCUT2D eigenvalue weighted by molar-refractivity contribution is -0.385. The van der Waals surface area contributed by atoms with Gasteiger partial charge in [-0.15, -0.1) is 0 Å². The average Bonchev–Trinajstić information content (AvgIpc) is 3.06. The third-order valence-electron chi connectivity index (χ3n) is 3.32. The van der Waals surface area contributed by atoms with Gasteiger partial charge in [-0.25, -0.2) is 9.18 Å². The van der Waals surface area contributed by atoms with Crippen LogP contribution in [-0.2, 0) is 4.74 Å². The summed E-state index contributed by atoms with van der Waals surface area (Å²) in [5.41, 5.74) is -0.718. The lowest BCUT2D eigenvalue weighted by Gasteiger charge is -2.08. The monoisotopic (exact) mass is 349 g/mol. The first-order valence-corrected chi connectivity index (χ1v) is 7.19. The van der Waals surface area contributed by atoms with Gasteiger partial charge in [0.05, 0.1) is 11.0 Å². The zero-order valence-electron chi connectivity index (χ0n) is 12.8. The SMILES string of the molecule is O=C(OCCOc1ccccc1F)c1cc2c(cc1[N+](=O)[O-])OCO2. The van der Waals surface area contributed by atoms with Crippen molar-refractivity contribution in [3.8, 4) is 17.2 Å². The van der Waals surface area contributed by atoms with Crippen molar-refractivity contribution in [2.45, 2.75) is 0 Å². The zero-order chi connectivity index (χ0) is 17.8. The van der Waals surface area contributed by atoms with Gasteiger partial charge in [-0.3, -0.25) is 10.1 Å². The largest absolute Gasteiger partial charge is 0.487 e. The number of halogens is 1. The second-order valence-electron chi connectivity index (χ2n) is 4.89. The first-order chi connectivity index (χ1) is 12.1. The van der Waals surface area contributed by atoms with Crippen molar-refractivity contribution >= 4 is 11.7 Å². The number of carbonyl (C=O) groups is 1. The number of nitro groups is 1. The Morgan fingerprint density at radius 3 is 2.64 bits per heavy atom. The highest BCUT2D eigenvalue weighted by atomic mass is 19.1. The fraction of sp³-hybridized carbons (Fsp3) is 0.188. The van der Waals surface area contributed by atoms with Crippen molar-refractivity contribution in [2.75, 3.05) is 20.0 Å². The minimum atomic E-state index is -0.915. The number of hydrogen-bond donors (Lipinski definition) is 0. The van der Waals surface area contributed by atoms with Gasteiger partial charge in [0.15, 0.2) is 23.1 Å². The highest BCUT2D eigenvalue weighted by Gasteiger charge is 2.28. The fourth-order valence-electron chi connectivity index (χ4n) is 2.17.